The zero-order valence-corrected chi connectivity index (χ0v) is 12.1. The highest BCUT2D eigenvalue weighted by Crippen LogP contribution is 2.25. The lowest BCUT2D eigenvalue weighted by molar-refractivity contribution is 0.551. The van der Waals surface area contributed by atoms with E-state index in [2.05, 4.69) is 16.1 Å². The zero-order valence-electron chi connectivity index (χ0n) is 11.3. The first kappa shape index (κ1) is 14.8. The van der Waals surface area contributed by atoms with Gasteiger partial charge in [0.05, 0.1) is 0 Å². The lowest BCUT2D eigenvalue weighted by Gasteiger charge is -2.30. The minimum absolute atomic E-state index is 0.427. The molecule has 0 radical (unpaired) electrons. The molecule has 0 aliphatic carbocycles. The molecule has 0 atom stereocenters. The van der Waals surface area contributed by atoms with Crippen molar-refractivity contribution in [1.82, 2.24) is 5.32 Å². The highest BCUT2D eigenvalue weighted by atomic mass is 32.3. The molecule has 1 heterocycles. The number of nitrogens with zero attached hydrogens (tertiary/aromatic N) is 1. The topological polar surface area (TPSA) is 49.4 Å². The van der Waals surface area contributed by atoms with Gasteiger partial charge in [-0.1, -0.05) is 5.92 Å². The van der Waals surface area contributed by atoms with E-state index in [0.29, 0.717) is 16.7 Å². The van der Waals surface area contributed by atoms with Crippen LogP contribution < -0.4 is 10.2 Å². The van der Waals surface area contributed by atoms with Gasteiger partial charge in [0.2, 0.25) is 0 Å². The highest BCUT2D eigenvalue weighted by Gasteiger charge is 2.17. The number of anilines is 1. The van der Waals surface area contributed by atoms with Crippen molar-refractivity contribution in [2.75, 3.05) is 31.1 Å². The summed E-state index contributed by atoms with van der Waals surface area (Å²) < 4.78 is 34.8. The van der Waals surface area contributed by atoms with Crippen molar-refractivity contribution in [2.45, 2.75) is 12.7 Å². The van der Waals surface area contributed by atoms with Crippen molar-refractivity contribution in [3.05, 3.63) is 28.8 Å². The number of hydrogen-bond donors (Lipinski definition) is 1. The molecule has 1 aromatic carbocycles. The van der Waals surface area contributed by atoms with Gasteiger partial charge in [-0.25, -0.2) is 0 Å². The number of terminal acetylenes is 1. The second kappa shape index (κ2) is 5.81. The van der Waals surface area contributed by atoms with Gasteiger partial charge in [0.25, 0.3) is 0 Å². The quantitative estimate of drug-likeness (QED) is 0.672. The minimum atomic E-state index is -4.57. The monoisotopic (exact) mass is 296 g/mol. The number of rotatable bonds is 3. The molecule has 0 saturated carbocycles. The van der Waals surface area contributed by atoms with Gasteiger partial charge in [-0.05, 0) is 30.2 Å². The van der Waals surface area contributed by atoms with E-state index in [4.69, 9.17) is 6.42 Å². The van der Waals surface area contributed by atoms with Crippen LogP contribution in [0.25, 0.3) is 0 Å². The van der Waals surface area contributed by atoms with E-state index < -0.39 is 16.0 Å². The summed E-state index contributed by atoms with van der Waals surface area (Å²) in [5.41, 5.74) is 2.53. The van der Waals surface area contributed by atoms with Gasteiger partial charge in [-0.3, -0.25) is 0 Å². The molecule has 1 fully saturated rings. The molecule has 1 aromatic rings. The van der Waals surface area contributed by atoms with Crippen LogP contribution in [0.2, 0.25) is 0 Å². The number of nitrogens with one attached hydrogen (secondary N) is 1. The fourth-order valence-electron chi connectivity index (χ4n) is 2.35. The number of halogens is 1. The summed E-state index contributed by atoms with van der Waals surface area (Å²) in [5.74, 6) is 1.91. The minimum Gasteiger partial charge on any atom is -0.369 e. The third-order valence-corrected chi connectivity index (χ3v) is 4.12. The van der Waals surface area contributed by atoms with E-state index in [-0.39, 0.29) is 0 Å². The van der Waals surface area contributed by atoms with Gasteiger partial charge >= 0.3 is 10.2 Å². The molecular weight excluding hydrogens is 279 g/mol. The van der Waals surface area contributed by atoms with Crippen molar-refractivity contribution in [3.8, 4) is 12.3 Å². The van der Waals surface area contributed by atoms with Crippen LogP contribution in [0.4, 0.5) is 9.57 Å². The fourth-order valence-corrected chi connectivity index (χ4v) is 3.02. The van der Waals surface area contributed by atoms with E-state index in [1.54, 1.807) is 13.0 Å². The van der Waals surface area contributed by atoms with Crippen molar-refractivity contribution in [3.63, 3.8) is 0 Å². The Hall–Kier alpha value is -1.58. The molecule has 1 aliphatic heterocycles. The van der Waals surface area contributed by atoms with Crippen LogP contribution in [0.3, 0.4) is 0 Å². The Balaban J connectivity index is 2.43. The van der Waals surface area contributed by atoms with Crippen LogP contribution in [0.15, 0.2) is 12.1 Å². The zero-order chi connectivity index (χ0) is 14.8. The fraction of sp³-hybridized carbons (Fsp3) is 0.429. The summed E-state index contributed by atoms with van der Waals surface area (Å²) in [5, 5.41) is 3.24. The Morgan fingerprint density at radius 3 is 2.60 bits per heavy atom. The molecule has 1 aliphatic rings. The van der Waals surface area contributed by atoms with Crippen LogP contribution in [0, 0.1) is 19.3 Å². The third kappa shape index (κ3) is 3.50. The first-order chi connectivity index (χ1) is 9.40. The van der Waals surface area contributed by atoms with Crippen molar-refractivity contribution >= 4 is 15.9 Å². The summed E-state index contributed by atoms with van der Waals surface area (Å²) in [6.45, 7) is 5.06. The van der Waals surface area contributed by atoms with E-state index in [1.165, 1.54) is 0 Å². The lowest BCUT2D eigenvalue weighted by Crippen LogP contribution is -2.43. The average Bonchev–Trinajstić information content (AvgIpc) is 2.40. The Morgan fingerprint density at radius 1 is 1.40 bits per heavy atom. The third-order valence-electron chi connectivity index (χ3n) is 3.47. The van der Waals surface area contributed by atoms with Gasteiger partial charge in [0.1, 0.15) is 5.75 Å². The summed E-state index contributed by atoms with van der Waals surface area (Å²) in [7, 11) is -4.57. The van der Waals surface area contributed by atoms with Crippen LogP contribution in [0.1, 0.15) is 16.7 Å². The SMILES string of the molecule is C#Cc1cc(N2CCNCC2)cc(CS(=O)(=O)F)c1C. The first-order valence-corrected chi connectivity index (χ1v) is 7.94. The second-order valence-electron chi connectivity index (χ2n) is 4.84. The molecule has 20 heavy (non-hydrogen) atoms. The molecule has 0 amide bonds. The second-order valence-corrected chi connectivity index (χ2v) is 6.21. The Labute approximate surface area is 119 Å². The Morgan fingerprint density at radius 2 is 2.05 bits per heavy atom. The summed E-state index contributed by atoms with van der Waals surface area (Å²) in [6, 6.07) is 3.58. The summed E-state index contributed by atoms with van der Waals surface area (Å²) in [4.78, 5) is 2.12. The lowest BCUT2D eigenvalue weighted by atomic mass is 10.0. The molecule has 0 spiro atoms. The van der Waals surface area contributed by atoms with Crippen molar-refractivity contribution in [1.29, 1.82) is 0 Å². The normalized spacial score (nSPS) is 15.9. The van der Waals surface area contributed by atoms with E-state index >= 15 is 0 Å². The van der Waals surface area contributed by atoms with Gasteiger partial charge < -0.3 is 10.2 Å². The van der Waals surface area contributed by atoms with Gasteiger partial charge in [-0.15, -0.1) is 10.3 Å². The van der Waals surface area contributed by atoms with Gasteiger partial charge in [-0.2, -0.15) is 8.42 Å². The van der Waals surface area contributed by atoms with Crippen LogP contribution >= 0.6 is 0 Å². The molecule has 1 N–H and O–H groups in total. The predicted molar refractivity (Wildman–Crippen MR) is 77.9 cm³/mol. The van der Waals surface area contributed by atoms with Crippen molar-refractivity contribution < 1.29 is 12.3 Å². The maximum absolute atomic E-state index is 13.0. The molecule has 0 aromatic heterocycles. The number of benzene rings is 1. The maximum Gasteiger partial charge on any atom is 0.306 e. The van der Waals surface area contributed by atoms with Crippen LogP contribution in [-0.2, 0) is 16.0 Å². The summed E-state index contributed by atoms with van der Waals surface area (Å²) in [6.07, 6.45) is 5.46. The van der Waals surface area contributed by atoms with E-state index in [9.17, 15) is 12.3 Å². The Kier molecular flexibility index (Phi) is 4.31. The van der Waals surface area contributed by atoms with Gasteiger partial charge in [0, 0.05) is 37.4 Å². The molecule has 1 saturated heterocycles. The largest absolute Gasteiger partial charge is 0.369 e. The average molecular weight is 296 g/mol. The van der Waals surface area contributed by atoms with Crippen LogP contribution in [-0.4, -0.2) is 34.6 Å². The first-order valence-electron chi connectivity index (χ1n) is 6.39. The van der Waals surface area contributed by atoms with Crippen LogP contribution in [0.5, 0.6) is 0 Å². The van der Waals surface area contributed by atoms with Crippen molar-refractivity contribution in [2.24, 2.45) is 0 Å². The molecule has 2 rings (SSSR count). The molecule has 4 nitrogen and oxygen atoms in total. The number of piperazine rings is 1. The predicted octanol–water partition coefficient (Wildman–Crippen LogP) is 1.19. The van der Waals surface area contributed by atoms with E-state index in [0.717, 1.165) is 31.9 Å². The molecular formula is C14H17FN2O2S. The maximum atomic E-state index is 13.0. The highest BCUT2D eigenvalue weighted by molar-refractivity contribution is 7.85. The number of hydrogen-bond acceptors (Lipinski definition) is 4. The smallest absolute Gasteiger partial charge is 0.306 e. The standard InChI is InChI=1S/C14H17FN2O2S/c1-3-12-8-14(17-6-4-16-5-7-17)9-13(11(12)2)10-20(15,18)19/h1,8-9,16H,4-7,10H2,2H3. The molecule has 6 heteroatoms. The Bertz CT molecular complexity index is 644. The van der Waals surface area contributed by atoms with E-state index in [1.807, 2.05) is 6.07 Å². The molecule has 0 unspecified atom stereocenters. The molecule has 0 bridgehead atoms. The van der Waals surface area contributed by atoms with Gasteiger partial charge in [0.15, 0.2) is 0 Å². The molecule has 108 valence electrons. The summed E-state index contributed by atoms with van der Waals surface area (Å²) >= 11 is 0.